The van der Waals surface area contributed by atoms with Crippen LogP contribution in [-0.2, 0) is 0 Å². The molecule has 0 heterocycles. The fourth-order valence-corrected chi connectivity index (χ4v) is 9.87. The standard InChI is InChI=1S/C42H28O6S4/c1-23-11-15-25(16-12-23)49-31-19-21-33(51-29-9-5-3-7-27(29)41(45)46)37-35(31)39(43)36-32(50-26-17-13-24(2)14-18-26)20-22-34(38(36)40(37)44)52-30-10-6-4-8-28(30)42(47)48/h3-22H,1-2H3,(H,45,46)(H,47,48). The summed E-state index contributed by atoms with van der Waals surface area (Å²) >= 11 is 5.02. The van der Waals surface area contributed by atoms with E-state index in [9.17, 15) is 19.8 Å². The van der Waals surface area contributed by atoms with Crippen molar-refractivity contribution in [1.29, 1.82) is 0 Å². The fraction of sp³-hybridized carbons (Fsp3) is 0.0476. The van der Waals surface area contributed by atoms with Gasteiger partial charge in [0.05, 0.1) is 11.1 Å². The molecule has 6 nitrogen and oxygen atoms in total. The molecule has 0 saturated heterocycles. The van der Waals surface area contributed by atoms with E-state index in [2.05, 4.69) is 0 Å². The Hall–Kier alpha value is -5.00. The number of hydrogen-bond donors (Lipinski definition) is 2. The van der Waals surface area contributed by atoms with Gasteiger partial charge >= 0.3 is 11.9 Å². The molecule has 0 amide bonds. The molecule has 0 bridgehead atoms. The van der Waals surface area contributed by atoms with Gasteiger partial charge in [0.25, 0.3) is 0 Å². The van der Waals surface area contributed by atoms with Crippen molar-refractivity contribution in [2.75, 3.05) is 0 Å². The summed E-state index contributed by atoms with van der Waals surface area (Å²) in [5, 5.41) is 19.9. The van der Waals surface area contributed by atoms with Crippen molar-refractivity contribution < 1.29 is 29.4 Å². The Morgan fingerprint density at radius 3 is 1.04 bits per heavy atom. The van der Waals surface area contributed by atoms with Gasteiger partial charge in [0.2, 0.25) is 0 Å². The molecule has 1 aliphatic rings. The Labute approximate surface area is 317 Å². The minimum atomic E-state index is -1.11. The van der Waals surface area contributed by atoms with Crippen LogP contribution in [0.25, 0.3) is 0 Å². The molecule has 1 aliphatic carbocycles. The topological polar surface area (TPSA) is 109 Å². The van der Waals surface area contributed by atoms with Gasteiger partial charge in [-0.2, -0.15) is 0 Å². The second-order valence-corrected chi connectivity index (χ2v) is 16.3. The van der Waals surface area contributed by atoms with Crippen molar-refractivity contribution in [3.05, 3.63) is 166 Å². The normalized spacial score (nSPS) is 12.0. The molecule has 7 rings (SSSR count). The van der Waals surface area contributed by atoms with Crippen LogP contribution < -0.4 is 0 Å². The highest BCUT2D eigenvalue weighted by Gasteiger charge is 2.38. The number of aryl methyl sites for hydroxylation is 2. The van der Waals surface area contributed by atoms with E-state index in [1.807, 2.05) is 74.5 Å². The van der Waals surface area contributed by atoms with E-state index in [0.29, 0.717) is 29.4 Å². The van der Waals surface area contributed by atoms with Crippen molar-refractivity contribution in [3.8, 4) is 0 Å². The molecule has 6 aromatic carbocycles. The van der Waals surface area contributed by atoms with Crippen LogP contribution in [0.15, 0.2) is 160 Å². The first-order chi connectivity index (χ1) is 25.1. The number of carboxylic acid groups (broad SMARTS) is 2. The monoisotopic (exact) mass is 756 g/mol. The Morgan fingerprint density at radius 2 is 0.712 bits per heavy atom. The lowest BCUT2D eigenvalue weighted by atomic mass is 9.84. The van der Waals surface area contributed by atoms with E-state index in [4.69, 9.17) is 0 Å². The molecule has 0 spiro atoms. The highest BCUT2D eigenvalue weighted by Crippen LogP contribution is 2.48. The van der Waals surface area contributed by atoms with Gasteiger partial charge in [0.1, 0.15) is 0 Å². The molecule has 0 aromatic heterocycles. The Kier molecular flexibility index (Phi) is 10.2. The van der Waals surface area contributed by atoms with Crippen molar-refractivity contribution in [3.63, 3.8) is 0 Å². The highest BCUT2D eigenvalue weighted by atomic mass is 32.2. The number of carbonyl (C=O) groups is 4. The maximum Gasteiger partial charge on any atom is 0.336 e. The zero-order valence-electron chi connectivity index (χ0n) is 27.7. The summed E-state index contributed by atoms with van der Waals surface area (Å²) in [6.07, 6.45) is 0. The molecule has 0 aliphatic heterocycles. The molecule has 2 N–H and O–H groups in total. The third kappa shape index (κ3) is 7.07. The van der Waals surface area contributed by atoms with E-state index in [-0.39, 0.29) is 39.2 Å². The van der Waals surface area contributed by atoms with E-state index in [0.717, 1.165) is 44.4 Å². The number of hydrogen-bond acceptors (Lipinski definition) is 8. The average molecular weight is 757 g/mol. The van der Waals surface area contributed by atoms with Crippen LogP contribution in [0, 0.1) is 13.8 Å². The number of ketones is 2. The zero-order chi connectivity index (χ0) is 36.5. The zero-order valence-corrected chi connectivity index (χ0v) is 31.0. The predicted molar refractivity (Wildman–Crippen MR) is 205 cm³/mol. The number of fused-ring (bicyclic) bond motifs is 2. The van der Waals surface area contributed by atoms with Crippen molar-refractivity contribution in [2.45, 2.75) is 53.0 Å². The predicted octanol–water partition coefficient (Wildman–Crippen LogP) is 11.1. The summed E-state index contributed by atoms with van der Waals surface area (Å²) in [4.78, 5) is 59.4. The van der Waals surface area contributed by atoms with Gasteiger partial charge in [-0.05, 0) is 86.6 Å². The van der Waals surface area contributed by atoms with Gasteiger partial charge in [-0.25, -0.2) is 9.59 Å². The lowest BCUT2D eigenvalue weighted by molar-refractivity contribution is 0.0682. The van der Waals surface area contributed by atoms with Crippen LogP contribution in [-0.4, -0.2) is 33.7 Å². The number of rotatable bonds is 10. The molecule has 0 atom stereocenters. The van der Waals surface area contributed by atoms with Crippen LogP contribution in [0.1, 0.15) is 63.7 Å². The van der Waals surface area contributed by atoms with E-state index in [1.54, 1.807) is 48.5 Å². The maximum absolute atomic E-state index is 15.2. The molecule has 0 fully saturated rings. The minimum Gasteiger partial charge on any atom is -0.478 e. The molecular weight excluding hydrogens is 729 g/mol. The number of carbonyl (C=O) groups excluding carboxylic acids is 2. The SMILES string of the molecule is Cc1ccc(Sc2ccc(Sc3ccccc3C(=O)O)c3c2C(=O)c2c(Sc4ccc(C)cc4)ccc(Sc4ccccc4C(=O)O)c2C3=O)cc1. The Balaban J connectivity index is 1.45. The van der Waals surface area contributed by atoms with E-state index in [1.165, 1.54) is 35.7 Å². The first-order valence-corrected chi connectivity index (χ1v) is 19.3. The smallest absolute Gasteiger partial charge is 0.336 e. The van der Waals surface area contributed by atoms with Crippen LogP contribution in [0.4, 0.5) is 0 Å². The molecular formula is C42H28O6S4. The molecule has 0 saturated carbocycles. The van der Waals surface area contributed by atoms with Gasteiger partial charge < -0.3 is 10.2 Å². The maximum atomic E-state index is 15.2. The largest absolute Gasteiger partial charge is 0.478 e. The molecule has 256 valence electrons. The third-order valence-electron chi connectivity index (χ3n) is 8.34. The molecule has 10 heteroatoms. The summed E-state index contributed by atoms with van der Waals surface area (Å²) < 4.78 is 0. The van der Waals surface area contributed by atoms with Gasteiger partial charge in [-0.1, -0.05) is 107 Å². The Bertz CT molecular complexity index is 2250. The van der Waals surface area contributed by atoms with Gasteiger partial charge in [-0.3, -0.25) is 9.59 Å². The quantitative estimate of drug-likeness (QED) is 0.140. The lowest BCUT2D eigenvalue weighted by Gasteiger charge is -2.26. The summed E-state index contributed by atoms with van der Waals surface area (Å²) in [6.45, 7) is 3.99. The van der Waals surface area contributed by atoms with Gasteiger partial charge in [0, 0.05) is 61.4 Å². The van der Waals surface area contributed by atoms with E-state index >= 15 is 9.59 Å². The summed E-state index contributed by atoms with van der Waals surface area (Å²) in [5.74, 6) is -2.95. The van der Waals surface area contributed by atoms with Gasteiger partial charge in [0.15, 0.2) is 11.6 Å². The first kappa shape index (κ1) is 35.4. The first-order valence-electron chi connectivity index (χ1n) is 16.0. The van der Waals surface area contributed by atoms with Crippen LogP contribution in [0.2, 0.25) is 0 Å². The van der Waals surface area contributed by atoms with Gasteiger partial charge in [-0.15, -0.1) is 0 Å². The average Bonchev–Trinajstić information content (AvgIpc) is 3.13. The lowest BCUT2D eigenvalue weighted by Crippen LogP contribution is -2.24. The van der Waals surface area contributed by atoms with Crippen molar-refractivity contribution >= 4 is 70.6 Å². The Morgan fingerprint density at radius 1 is 0.404 bits per heavy atom. The van der Waals surface area contributed by atoms with Crippen molar-refractivity contribution in [1.82, 2.24) is 0 Å². The van der Waals surface area contributed by atoms with E-state index < -0.39 is 17.7 Å². The molecule has 0 radical (unpaired) electrons. The fourth-order valence-electron chi connectivity index (χ4n) is 5.79. The molecule has 0 unspecified atom stereocenters. The molecule has 52 heavy (non-hydrogen) atoms. The summed E-state index contributed by atoms with van der Waals surface area (Å²) in [7, 11) is 0. The minimum absolute atomic E-state index is 0.0765. The third-order valence-corrected chi connectivity index (χ3v) is 12.7. The molecule has 6 aromatic rings. The van der Waals surface area contributed by atoms with Crippen LogP contribution in [0.5, 0.6) is 0 Å². The second-order valence-electron chi connectivity index (χ2n) is 11.9. The van der Waals surface area contributed by atoms with Crippen molar-refractivity contribution in [2.24, 2.45) is 0 Å². The van der Waals surface area contributed by atoms with Crippen LogP contribution >= 0.6 is 47.0 Å². The number of benzene rings is 6. The number of aromatic carboxylic acids is 2. The second kappa shape index (κ2) is 14.9. The van der Waals surface area contributed by atoms with Crippen LogP contribution in [0.3, 0.4) is 0 Å². The summed E-state index contributed by atoms with van der Waals surface area (Å²) in [6, 6.07) is 36.1. The number of carboxylic acids is 2. The summed E-state index contributed by atoms with van der Waals surface area (Å²) in [5.41, 5.74) is 3.20. The highest BCUT2D eigenvalue weighted by molar-refractivity contribution is 8.00.